The molecule has 2 fully saturated rings. The molecule has 1 N–H and O–H groups in total. The predicted octanol–water partition coefficient (Wildman–Crippen LogP) is 4.76. The first kappa shape index (κ1) is 12.7. The Labute approximate surface area is 115 Å². The smallest absolute Gasteiger partial charge is 0.0443 e. The first-order valence-corrected chi connectivity index (χ1v) is 8.48. The molecule has 3 rings (SSSR count). The zero-order chi connectivity index (χ0) is 12.4. The zero-order valence-electron chi connectivity index (χ0n) is 11.5. The average Bonchev–Trinajstić information content (AvgIpc) is 2.86. The maximum absolute atomic E-state index is 3.93. The fourth-order valence-electron chi connectivity index (χ4n) is 3.42. The summed E-state index contributed by atoms with van der Waals surface area (Å²) >= 11 is 1.93. The summed E-state index contributed by atoms with van der Waals surface area (Å²) in [6, 6.07) is 5.17. The Morgan fingerprint density at radius 1 is 1.39 bits per heavy atom. The van der Waals surface area contributed by atoms with Crippen molar-refractivity contribution in [3.63, 3.8) is 0 Å². The third kappa shape index (κ3) is 2.65. The van der Waals surface area contributed by atoms with Crippen molar-refractivity contribution in [3.8, 4) is 0 Å². The Morgan fingerprint density at radius 3 is 2.72 bits per heavy atom. The Hall–Kier alpha value is -0.340. The topological polar surface area (TPSA) is 12.0 Å². The number of rotatable bonds is 6. The largest absolute Gasteiger partial charge is 0.308 e. The molecular formula is C16H25NS. The van der Waals surface area contributed by atoms with Crippen molar-refractivity contribution in [2.45, 2.75) is 57.9 Å². The van der Waals surface area contributed by atoms with E-state index >= 15 is 0 Å². The van der Waals surface area contributed by atoms with Crippen LogP contribution in [0, 0.1) is 11.3 Å². The highest BCUT2D eigenvalue weighted by Gasteiger charge is 2.41. The van der Waals surface area contributed by atoms with Crippen LogP contribution < -0.4 is 5.32 Å². The molecule has 1 atom stereocenters. The minimum atomic E-state index is 0.636. The van der Waals surface area contributed by atoms with Crippen LogP contribution in [0.5, 0.6) is 0 Å². The van der Waals surface area contributed by atoms with E-state index in [1.807, 2.05) is 11.3 Å². The second kappa shape index (κ2) is 5.34. The molecule has 2 aliphatic rings. The molecule has 0 saturated heterocycles. The summed E-state index contributed by atoms with van der Waals surface area (Å²) in [5.74, 6) is 0.885. The van der Waals surface area contributed by atoms with Gasteiger partial charge >= 0.3 is 0 Å². The molecule has 1 aromatic rings. The summed E-state index contributed by atoms with van der Waals surface area (Å²) in [4.78, 5) is 1.56. The lowest BCUT2D eigenvalue weighted by atomic mass is 9.95. The maximum Gasteiger partial charge on any atom is 0.0443 e. The van der Waals surface area contributed by atoms with Crippen LogP contribution in [0.1, 0.15) is 62.8 Å². The zero-order valence-corrected chi connectivity index (χ0v) is 12.3. The van der Waals surface area contributed by atoms with Crippen LogP contribution in [-0.2, 0) is 0 Å². The van der Waals surface area contributed by atoms with Gasteiger partial charge in [-0.25, -0.2) is 0 Å². The van der Waals surface area contributed by atoms with Gasteiger partial charge in [0.2, 0.25) is 0 Å². The number of hydrogen-bond acceptors (Lipinski definition) is 2. The standard InChI is InChI=1S/C16H25NS/c1-2-16(9-10-16)12-17-15(13-6-3-4-7-13)14-8-5-11-18-14/h5,8,11,13,15,17H,2-4,6-7,9-10,12H2,1H3. The molecule has 0 radical (unpaired) electrons. The van der Waals surface area contributed by atoms with E-state index in [1.54, 1.807) is 4.88 Å². The number of nitrogens with one attached hydrogen (secondary N) is 1. The second-order valence-corrected chi connectivity index (χ2v) is 7.25. The highest BCUT2D eigenvalue weighted by atomic mass is 32.1. The van der Waals surface area contributed by atoms with Gasteiger partial charge in [-0.15, -0.1) is 11.3 Å². The van der Waals surface area contributed by atoms with Gasteiger partial charge < -0.3 is 5.32 Å². The van der Waals surface area contributed by atoms with Crippen molar-refractivity contribution in [3.05, 3.63) is 22.4 Å². The summed E-state index contributed by atoms with van der Waals surface area (Å²) in [7, 11) is 0. The van der Waals surface area contributed by atoms with E-state index in [0.29, 0.717) is 11.5 Å². The van der Waals surface area contributed by atoms with E-state index in [9.17, 15) is 0 Å². The Kier molecular flexibility index (Phi) is 3.76. The van der Waals surface area contributed by atoms with Gasteiger partial charge in [0.05, 0.1) is 0 Å². The van der Waals surface area contributed by atoms with Gasteiger partial charge in [-0.3, -0.25) is 0 Å². The number of hydrogen-bond donors (Lipinski definition) is 1. The molecular weight excluding hydrogens is 238 g/mol. The van der Waals surface area contributed by atoms with E-state index < -0.39 is 0 Å². The SMILES string of the molecule is CCC1(CNC(c2cccs2)C2CCCC2)CC1. The van der Waals surface area contributed by atoms with Crippen LogP contribution in [0.25, 0.3) is 0 Å². The molecule has 2 aliphatic carbocycles. The molecule has 0 aliphatic heterocycles. The van der Waals surface area contributed by atoms with Gasteiger partial charge in [0, 0.05) is 17.5 Å². The Morgan fingerprint density at radius 2 is 2.17 bits per heavy atom. The van der Waals surface area contributed by atoms with E-state index in [-0.39, 0.29) is 0 Å². The minimum Gasteiger partial charge on any atom is -0.308 e. The normalized spacial score (nSPS) is 24.3. The summed E-state index contributed by atoms with van der Waals surface area (Å²) in [5.41, 5.74) is 0.661. The second-order valence-electron chi connectivity index (χ2n) is 6.27. The van der Waals surface area contributed by atoms with Crippen LogP contribution in [0.4, 0.5) is 0 Å². The first-order valence-electron chi connectivity index (χ1n) is 7.60. The molecule has 18 heavy (non-hydrogen) atoms. The van der Waals surface area contributed by atoms with Gasteiger partial charge in [0.15, 0.2) is 0 Å². The van der Waals surface area contributed by atoms with Crippen molar-refractivity contribution < 1.29 is 0 Å². The van der Waals surface area contributed by atoms with Crippen molar-refractivity contribution >= 4 is 11.3 Å². The van der Waals surface area contributed by atoms with E-state index in [4.69, 9.17) is 0 Å². The lowest BCUT2D eigenvalue weighted by Crippen LogP contribution is -2.31. The van der Waals surface area contributed by atoms with Crippen molar-refractivity contribution in [1.29, 1.82) is 0 Å². The molecule has 0 aromatic carbocycles. The fourth-order valence-corrected chi connectivity index (χ4v) is 4.31. The van der Waals surface area contributed by atoms with Gasteiger partial charge in [-0.2, -0.15) is 0 Å². The summed E-state index contributed by atoms with van der Waals surface area (Å²) in [6.45, 7) is 3.59. The average molecular weight is 263 g/mol. The number of thiophene rings is 1. The van der Waals surface area contributed by atoms with Crippen LogP contribution in [-0.4, -0.2) is 6.54 Å². The highest BCUT2D eigenvalue weighted by molar-refractivity contribution is 7.10. The Balaban J connectivity index is 1.65. The van der Waals surface area contributed by atoms with Crippen molar-refractivity contribution in [1.82, 2.24) is 5.32 Å². The molecule has 2 saturated carbocycles. The van der Waals surface area contributed by atoms with Gasteiger partial charge in [-0.05, 0) is 54.9 Å². The molecule has 1 nitrogen and oxygen atoms in total. The third-order valence-corrected chi connectivity index (χ3v) is 6.08. The van der Waals surface area contributed by atoms with Crippen molar-refractivity contribution in [2.24, 2.45) is 11.3 Å². The Bertz CT molecular complexity index is 360. The fraction of sp³-hybridized carbons (Fsp3) is 0.750. The molecule has 0 spiro atoms. The third-order valence-electron chi connectivity index (χ3n) is 5.13. The molecule has 2 heteroatoms. The molecule has 1 heterocycles. The monoisotopic (exact) mass is 263 g/mol. The van der Waals surface area contributed by atoms with Gasteiger partial charge in [-0.1, -0.05) is 25.8 Å². The maximum atomic E-state index is 3.93. The summed E-state index contributed by atoms with van der Waals surface area (Å²) in [6.07, 6.45) is 9.96. The lowest BCUT2D eigenvalue weighted by Gasteiger charge is -2.26. The van der Waals surface area contributed by atoms with E-state index in [1.165, 1.54) is 51.5 Å². The summed E-state index contributed by atoms with van der Waals surface area (Å²) < 4.78 is 0. The predicted molar refractivity (Wildman–Crippen MR) is 79.0 cm³/mol. The van der Waals surface area contributed by atoms with E-state index in [0.717, 1.165) is 5.92 Å². The molecule has 0 bridgehead atoms. The van der Waals surface area contributed by atoms with Crippen LogP contribution >= 0.6 is 11.3 Å². The first-order chi connectivity index (χ1) is 8.83. The molecule has 1 aromatic heterocycles. The molecule has 0 amide bonds. The van der Waals surface area contributed by atoms with Gasteiger partial charge in [0.1, 0.15) is 0 Å². The molecule has 1 unspecified atom stereocenters. The van der Waals surface area contributed by atoms with Gasteiger partial charge in [0.25, 0.3) is 0 Å². The quantitative estimate of drug-likeness (QED) is 0.780. The minimum absolute atomic E-state index is 0.636. The van der Waals surface area contributed by atoms with Crippen LogP contribution in [0.3, 0.4) is 0 Å². The van der Waals surface area contributed by atoms with E-state index in [2.05, 4.69) is 29.8 Å². The summed E-state index contributed by atoms with van der Waals surface area (Å²) in [5, 5.41) is 6.16. The van der Waals surface area contributed by atoms with Crippen LogP contribution in [0.15, 0.2) is 17.5 Å². The van der Waals surface area contributed by atoms with Crippen molar-refractivity contribution in [2.75, 3.05) is 6.54 Å². The van der Waals surface area contributed by atoms with Crippen LogP contribution in [0.2, 0.25) is 0 Å². The lowest BCUT2D eigenvalue weighted by molar-refractivity contribution is 0.330. The molecule has 100 valence electrons. The highest BCUT2D eigenvalue weighted by Crippen LogP contribution is 2.49.